The molecule has 0 radical (unpaired) electrons. The quantitative estimate of drug-likeness (QED) is 0.140. The molecular formula is C25H26F4NO3PS. The maximum absolute atomic E-state index is 15.4. The standard InChI is InChI=1S/C24H26FNP.CHF3O3S/c1-3-26(4-2)24(25)20-27(21-14-8-5-9-15-21,22-16-10-6-11-17-22)23-18-12-7-13-19-23;2-1(3,4)8(5,6)7/h5-20H,3-4H2,1-2H3;(H,5,6,7)/q+1;/p-1/b24-20+;. The van der Waals surface area contributed by atoms with Gasteiger partial charge in [0.1, 0.15) is 29.0 Å². The molecular weight excluding hydrogens is 501 g/mol. The van der Waals surface area contributed by atoms with E-state index in [0.29, 0.717) is 13.1 Å². The third kappa shape index (κ3) is 7.13. The number of halogens is 4. The third-order valence-electron chi connectivity index (χ3n) is 5.14. The molecule has 3 rings (SSSR count). The van der Waals surface area contributed by atoms with Crippen LogP contribution < -0.4 is 15.9 Å². The Balaban J connectivity index is 0.000000466. The van der Waals surface area contributed by atoms with Crippen molar-refractivity contribution in [3.05, 3.63) is 103 Å². The van der Waals surface area contributed by atoms with Gasteiger partial charge in [0.15, 0.2) is 10.1 Å². The van der Waals surface area contributed by atoms with Gasteiger partial charge in [0.05, 0.1) is 0 Å². The molecule has 35 heavy (non-hydrogen) atoms. The van der Waals surface area contributed by atoms with Crippen molar-refractivity contribution in [1.29, 1.82) is 0 Å². The van der Waals surface area contributed by atoms with Crippen molar-refractivity contribution < 1.29 is 30.5 Å². The molecule has 0 N–H and O–H groups in total. The van der Waals surface area contributed by atoms with E-state index in [-0.39, 0.29) is 5.95 Å². The lowest BCUT2D eigenvalue weighted by Gasteiger charge is -2.26. The maximum atomic E-state index is 15.4. The Morgan fingerprint density at radius 2 is 1.09 bits per heavy atom. The third-order valence-corrected chi connectivity index (χ3v) is 9.64. The SMILES string of the molecule is CCN(CC)/C(F)=C/[P+](c1ccccc1)(c1ccccc1)c1ccccc1.O=S(=O)([O-])C(F)(F)F. The van der Waals surface area contributed by atoms with Crippen LogP contribution in [-0.2, 0) is 10.1 Å². The van der Waals surface area contributed by atoms with Crippen LogP contribution in [0.4, 0.5) is 17.6 Å². The van der Waals surface area contributed by atoms with Gasteiger partial charge in [-0.15, -0.1) is 0 Å². The molecule has 0 spiro atoms. The molecule has 0 bridgehead atoms. The van der Waals surface area contributed by atoms with Crippen molar-refractivity contribution in [2.45, 2.75) is 19.4 Å². The van der Waals surface area contributed by atoms with Gasteiger partial charge in [0.2, 0.25) is 5.95 Å². The van der Waals surface area contributed by atoms with Crippen molar-refractivity contribution in [3.8, 4) is 0 Å². The molecule has 0 aliphatic carbocycles. The summed E-state index contributed by atoms with van der Waals surface area (Å²) in [5, 5.41) is 3.47. The van der Waals surface area contributed by atoms with Crippen molar-refractivity contribution in [2.75, 3.05) is 13.1 Å². The summed E-state index contributed by atoms with van der Waals surface area (Å²) < 4.78 is 74.3. The normalized spacial score (nSPS) is 12.5. The molecule has 0 unspecified atom stereocenters. The number of benzene rings is 3. The summed E-state index contributed by atoms with van der Waals surface area (Å²) in [6.07, 6.45) is 0. The second kappa shape index (κ2) is 12.3. The fourth-order valence-electron chi connectivity index (χ4n) is 3.43. The smallest absolute Gasteiger partial charge is 0.485 e. The maximum Gasteiger partial charge on any atom is 0.485 e. The molecule has 0 aromatic heterocycles. The Morgan fingerprint density at radius 3 is 1.31 bits per heavy atom. The van der Waals surface area contributed by atoms with E-state index >= 15 is 4.39 Å². The molecule has 0 fully saturated rings. The van der Waals surface area contributed by atoms with Gasteiger partial charge in [-0.25, -0.2) is 8.42 Å². The van der Waals surface area contributed by atoms with Crippen LogP contribution in [0.1, 0.15) is 13.8 Å². The first-order valence-corrected chi connectivity index (χ1v) is 13.9. The average molecular weight is 528 g/mol. The average Bonchev–Trinajstić information content (AvgIpc) is 2.84. The van der Waals surface area contributed by atoms with Crippen molar-refractivity contribution >= 4 is 33.3 Å². The van der Waals surface area contributed by atoms with E-state index in [4.69, 9.17) is 13.0 Å². The largest absolute Gasteiger partial charge is 0.741 e. The molecule has 0 atom stereocenters. The van der Waals surface area contributed by atoms with E-state index in [1.807, 2.05) is 74.3 Å². The Kier molecular flexibility index (Phi) is 10.0. The zero-order valence-corrected chi connectivity index (χ0v) is 20.9. The predicted octanol–water partition coefficient (Wildman–Crippen LogP) is 5.14. The molecule has 3 aromatic rings. The first-order valence-electron chi connectivity index (χ1n) is 10.7. The topological polar surface area (TPSA) is 60.4 Å². The summed E-state index contributed by atoms with van der Waals surface area (Å²) >= 11 is 0. The van der Waals surface area contributed by atoms with Gasteiger partial charge < -0.3 is 9.45 Å². The van der Waals surface area contributed by atoms with E-state index in [9.17, 15) is 13.2 Å². The highest BCUT2D eigenvalue weighted by atomic mass is 32.2. The number of nitrogens with zero attached hydrogens (tertiary/aromatic N) is 1. The van der Waals surface area contributed by atoms with Crippen LogP contribution in [0.3, 0.4) is 0 Å². The molecule has 188 valence electrons. The molecule has 0 heterocycles. The molecule has 10 heteroatoms. The number of hydrogen-bond acceptors (Lipinski definition) is 4. The second-order valence-electron chi connectivity index (χ2n) is 7.25. The van der Waals surface area contributed by atoms with Crippen LogP contribution in [-0.4, -0.2) is 36.5 Å². The first-order chi connectivity index (χ1) is 16.5. The zero-order valence-electron chi connectivity index (χ0n) is 19.2. The highest BCUT2D eigenvalue weighted by molar-refractivity contribution is 7.98. The summed E-state index contributed by atoms with van der Waals surface area (Å²) in [6, 6.07) is 31.0. The Bertz CT molecular complexity index is 1090. The molecule has 4 nitrogen and oxygen atoms in total. The lowest BCUT2D eigenvalue weighted by molar-refractivity contribution is -0.0517. The van der Waals surface area contributed by atoms with Crippen molar-refractivity contribution in [1.82, 2.24) is 4.90 Å². The minimum atomic E-state index is -6.09. The lowest BCUT2D eigenvalue weighted by Crippen LogP contribution is -2.31. The predicted molar refractivity (Wildman–Crippen MR) is 133 cm³/mol. The molecule has 0 aliphatic rings. The Labute approximate surface area is 204 Å². The van der Waals surface area contributed by atoms with Crippen LogP contribution in [0, 0.1) is 0 Å². The van der Waals surface area contributed by atoms with Crippen molar-refractivity contribution in [2.24, 2.45) is 0 Å². The van der Waals surface area contributed by atoms with Gasteiger partial charge in [-0.1, -0.05) is 54.6 Å². The van der Waals surface area contributed by atoms with Gasteiger partial charge in [-0.2, -0.15) is 17.6 Å². The lowest BCUT2D eigenvalue weighted by atomic mass is 10.4. The van der Waals surface area contributed by atoms with Crippen LogP contribution in [0.5, 0.6) is 0 Å². The first kappa shape index (κ1) is 28.5. The van der Waals surface area contributed by atoms with E-state index < -0.39 is 22.9 Å². The van der Waals surface area contributed by atoms with Crippen molar-refractivity contribution in [3.63, 3.8) is 0 Å². The van der Waals surface area contributed by atoms with Gasteiger partial charge in [0.25, 0.3) is 0 Å². The monoisotopic (exact) mass is 527 g/mol. The van der Waals surface area contributed by atoms with Gasteiger partial charge in [-0.3, -0.25) is 0 Å². The van der Waals surface area contributed by atoms with Crippen LogP contribution >= 0.6 is 7.26 Å². The minimum Gasteiger partial charge on any atom is -0.741 e. The minimum absolute atomic E-state index is 0.148. The van der Waals surface area contributed by atoms with Gasteiger partial charge in [0, 0.05) is 13.1 Å². The molecule has 0 saturated heterocycles. The van der Waals surface area contributed by atoms with E-state index in [1.165, 1.54) is 0 Å². The van der Waals surface area contributed by atoms with E-state index in [2.05, 4.69) is 36.4 Å². The van der Waals surface area contributed by atoms with E-state index in [1.54, 1.807) is 4.90 Å². The summed E-state index contributed by atoms with van der Waals surface area (Å²) in [5.74, 6) is 1.74. The summed E-state index contributed by atoms with van der Waals surface area (Å²) in [5.41, 5.74) is -5.65. The highest BCUT2D eigenvalue weighted by Crippen LogP contribution is 2.57. The zero-order chi connectivity index (χ0) is 26.1. The van der Waals surface area contributed by atoms with Gasteiger partial charge >= 0.3 is 5.51 Å². The second-order valence-corrected chi connectivity index (χ2v) is 11.9. The molecule has 0 amide bonds. The fourth-order valence-corrected chi connectivity index (χ4v) is 7.18. The van der Waals surface area contributed by atoms with Gasteiger partial charge in [-0.05, 0) is 50.2 Å². The molecule has 0 saturated carbocycles. The number of hydrogen-bond donors (Lipinski definition) is 0. The fraction of sp³-hybridized carbons (Fsp3) is 0.200. The molecule has 3 aromatic carbocycles. The number of alkyl halides is 3. The van der Waals surface area contributed by atoms with Crippen LogP contribution in [0.25, 0.3) is 0 Å². The summed E-state index contributed by atoms with van der Waals surface area (Å²) in [7, 11) is -8.36. The Hall–Kier alpha value is -2.74. The Morgan fingerprint density at radius 1 is 0.800 bits per heavy atom. The van der Waals surface area contributed by atoms with Crippen LogP contribution in [0.15, 0.2) is 103 Å². The molecule has 0 aliphatic heterocycles. The number of rotatable bonds is 7. The summed E-state index contributed by atoms with van der Waals surface area (Å²) in [6.45, 7) is 5.28. The summed E-state index contributed by atoms with van der Waals surface area (Å²) in [4.78, 5) is 1.78. The van der Waals surface area contributed by atoms with E-state index in [0.717, 1.165) is 15.9 Å². The highest BCUT2D eigenvalue weighted by Gasteiger charge is 2.45. The van der Waals surface area contributed by atoms with Crippen LogP contribution in [0.2, 0.25) is 0 Å².